The normalized spacial score (nSPS) is 15.9. The third kappa shape index (κ3) is 6.08. The number of nitrogens with zero attached hydrogens (tertiary/aromatic N) is 4. The third-order valence-corrected chi connectivity index (χ3v) is 6.99. The summed E-state index contributed by atoms with van der Waals surface area (Å²) in [5, 5.41) is 11.5. The molecule has 1 aliphatic rings. The highest BCUT2D eigenvalue weighted by molar-refractivity contribution is 5.89. The van der Waals surface area contributed by atoms with Crippen LogP contribution in [0.25, 0.3) is 11.0 Å². The SMILES string of the molecule is Cc1ccc([C@H](C(=O)NC[C@H]2CCCO2)N(CCc2ccccc2)C(=O)Cn2nnc3ccccc32)cc1. The fraction of sp³-hybridized carbons (Fsp3) is 0.333. The lowest BCUT2D eigenvalue weighted by Gasteiger charge is -2.32. The maximum atomic E-state index is 14.0. The second-order valence-corrected chi connectivity index (χ2v) is 9.75. The van der Waals surface area contributed by atoms with Gasteiger partial charge in [0, 0.05) is 19.7 Å². The number of para-hydroxylation sites is 1. The molecule has 2 atom stereocenters. The van der Waals surface area contributed by atoms with Gasteiger partial charge in [-0.25, -0.2) is 4.68 Å². The van der Waals surface area contributed by atoms with Gasteiger partial charge in [0.15, 0.2) is 0 Å². The summed E-state index contributed by atoms with van der Waals surface area (Å²) < 4.78 is 7.32. The number of benzene rings is 3. The minimum absolute atomic E-state index is 0.00704. The summed E-state index contributed by atoms with van der Waals surface area (Å²) in [6.45, 7) is 3.51. The minimum atomic E-state index is -0.789. The van der Waals surface area contributed by atoms with Gasteiger partial charge in [0.1, 0.15) is 18.1 Å². The van der Waals surface area contributed by atoms with E-state index in [2.05, 4.69) is 15.6 Å². The van der Waals surface area contributed by atoms with Crippen molar-refractivity contribution >= 4 is 22.8 Å². The molecule has 1 N–H and O–H groups in total. The summed E-state index contributed by atoms with van der Waals surface area (Å²) in [5.41, 5.74) is 4.45. The molecule has 0 radical (unpaired) electrons. The molecule has 5 rings (SSSR count). The van der Waals surface area contributed by atoms with E-state index in [0.29, 0.717) is 19.5 Å². The first-order valence-electron chi connectivity index (χ1n) is 13.2. The van der Waals surface area contributed by atoms with Crippen molar-refractivity contribution in [1.82, 2.24) is 25.2 Å². The molecule has 3 aromatic carbocycles. The van der Waals surface area contributed by atoms with Crippen LogP contribution in [0.3, 0.4) is 0 Å². The molecule has 0 bridgehead atoms. The highest BCUT2D eigenvalue weighted by Crippen LogP contribution is 2.24. The number of amides is 2. The summed E-state index contributed by atoms with van der Waals surface area (Å²) in [5.74, 6) is -0.413. The first-order valence-corrected chi connectivity index (χ1v) is 13.2. The Morgan fingerprint density at radius 1 is 1.05 bits per heavy atom. The number of hydrogen-bond donors (Lipinski definition) is 1. The Balaban J connectivity index is 1.45. The topological polar surface area (TPSA) is 89.4 Å². The second-order valence-electron chi connectivity index (χ2n) is 9.75. The number of nitrogens with one attached hydrogen (secondary N) is 1. The Hall–Kier alpha value is -4.04. The zero-order valence-electron chi connectivity index (χ0n) is 21.6. The standard InChI is InChI=1S/C30H33N5O3/c1-22-13-15-24(16-14-22)29(30(37)31-20-25-10-7-19-38-25)34(18-17-23-8-3-2-4-9-23)28(36)21-35-27-12-6-5-11-26(27)32-33-35/h2-6,8-9,11-16,25,29H,7,10,17-21H2,1H3,(H,31,37)/t25-,29-/m1/s1. The molecule has 1 aromatic heterocycles. The molecule has 2 heterocycles. The van der Waals surface area contributed by atoms with Crippen molar-refractivity contribution < 1.29 is 14.3 Å². The molecule has 196 valence electrons. The molecular weight excluding hydrogens is 478 g/mol. The van der Waals surface area contributed by atoms with Gasteiger partial charge in [-0.15, -0.1) is 5.10 Å². The van der Waals surface area contributed by atoms with Crippen LogP contribution >= 0.6 is 0 Å². The Bertz CT molecular complexity index is 1360. The van der Waals surface area contributed by atoms with Crippen LogP contribution in [-0.2, 0) is 27.3 Å². The van der Waals surface area contributed by atoms with Gasteiger partial charge >= 0.3 is 0 Å². The van der Waals surface area contributed by atoms with Crippen LogP contribution in [0.2, 0.25) is 0 Å². The molecule has 1 aliphatic heterocycles. The van der Waals surface area contributed by atoms with Crippen LogP contribution in [-0.4, -0.2) is 57.5 Å². The van der Waals surface area contributed by atoms with Crippen molar-refractivity contribution in [3.63, 3.8) is 0 Å². The van der Waals surface area contributed by atoms with Crippen molar-refractivity contribution in [3.8, 4) is 0 Å². The van der Waals surface area contributed by atoms with Crippen molar-refractivity contribution in [2.45, 2.75) is 44.9 Å². The summed E-state index contributed by atoms with van der Waals surface area (Å²) in [4.78, 5) is 29.4. The van der Waals surface area contributed by atoms with Crippen molar-refractivity contribution in [2.75, 3.05) is 19.7 Å². The molecule has 8 heteroatoms. The van der Waals surface area contributed by atoms with Crippen LogP contribution < -0.4 is 5.32 Å². The third-order valence-electron chi connectivity index (χ3n) is 6.99. The van der Waals surface area contributed by atoms with E-state index in [1.807, 2.05) is 85.8 Å². The molecule has 8 nitrogen and oxygen atoms in total. The molecule has 0 aliphatic carbocycles. The molecular formula is C30H33N5O3. The van der Waals surface area contributed by atoms with Gasteiger partial charge in [0.2, 0.25) is 11.8 Å². The molecule has 4 aromatic rings. The van der Waals surface area contributed by atoms with Gasteiger partial charge in [0.25, 0.3) is 0 Å². The summed E-state index contributed by atoms with van der Waals surface area (Å²) in [7, 11) is 0. The van der Waals surface area contributed by atoms with Crippen LogP contribution in [0.1, 0.15) is 35.6 Å². The molecule has 38 heavy (non-hydrogen) atoms. The van der Waals surface area contributed by atoms with E-state index in [1.165, 1.54) is 0 Å². The van der Waals surface area contributed by atoms with E-state index in [-0.39, 0.29) is 24.5 Å². The van der Waals surface area contributed by atoms with Crippen molar-refractivity contribution in [3.05, 3.63) is 95.6 Å². The maximum Gasteiger partial charge on any atom is 0.247 e. The van der Waals surface area contributed by atoms with Crippen LogP contribution in [0.4, 0.5) is 0 Å². The molecule has 0 unspecified atom stereocenters. The number of carbonyl (C=O) groups excluding carboxylic acids is 2. The highest BCUT2D eigenvalue weighted by Gasteiger charge is 2.32. The predicted molar refractivity (Wildman–Crippen MR) is 145 cm³/mol. The molecule has 0 saturated carbocycles. The average molecular weight is 512 g/mol. The monoisotopic (exact) mass is 511 g/mol. The van der Waals surface area contributed by atoms with Crippen LogP contribution in [0.15, 0.2) is 78.9 Å². The molecule has 0 spiro atoms. The van der Waals surface area contributed by atoms with Crippen molar-refractivity contribution in [2.24, 2.45) is 0 Å². The minimum Gasteiger partial charge on any atom is -0.376 e. The Morgan fingerprint density at radius 3 is 2.58 bits per heavy atom. The van der Waals surface area contributed by atoms with Gasteiger partial charge in [0.05, 0.1) is 11.6 Å². The molecule has 2 amide bonds. The highest BCUT2D eigenvalue weighted by atomic mass is 16.5. The quantitative estimate of drug-likeness (QED) is 0.349. The fourth-order valence-electron chi connectivity index (χ4n) is 4.88. The van der Waals surface area contributed by atoms with E-state index in [1.54, 1.807) is 9.58 Å². The fourth-order valence-corrected chi connectivity index (χ4v) is 4.88. The van der Waals surface area contributed by atoms with Gasteiger partial charge < -0.3 is 15.0 Å². The van der Waals surface area contributed by atoms with Crippen LogP contribution in [0.5, 0.6) is 0 Å². The largest absolute Gasteiger partial charge is 0.376 e. The lowest BCUT2D eigenvalue weighted by Crippen LogP contribution is -2.47. The number of carbonyl (C=O) groups is 2. The summed E-state index contributed by atoms with van der Waals surface area (Å²) in [6.07, 6.45) is 2.54. The smallest absolute Gasteiger partial charge is 0.247 e. The van der Waals surface area contributed by atoms with E-state index in [0.717, 1.165) is 47.2 Å². The van der Waals surface area contributed by atoms with Crippen LogP contribution in [0, 0.1) is 6.92 Å². The lowest BCUT2D eigenvalue weighted by atomic mass is 10.0. The number of aromatic nitrogens is 3. The molecule has 1 fully saturated rings. The number of hydrogen-bond acceptors (Lipinski definition) is 5. The zero-order valence-corrected chi connectivity index (χ0v) is 21.6. The van der Waals surface area contributed by atoms with Gasteiger partial charge in [-0.2, -0.15) is 0 Å². The van der Waals surface area contributed by atoms with E-state index in [4.69, 9.17) is 4.74 Å². The summed E-state index contributed by atoms with van der Waals surface area (Å²) >= 11 is 0. The number of ether oxygens (including phenoxy) is 1. The maximum absolute atomic E-state index is 14.0. The second kappa shape index (κ2) is 12.0. The first-order chi connectivity index (χ1) is 18.6. The van der Waals surface area contributed by atoms with E-state index >= 15 is 0 Å². The Labute approximate surface area is 222 Å². The lowest BCUT2D eigenvalue weighted by molar-refractivity contribution is -0.141. The molecule has 1 saturated heterocycles. The number of fused-ring (bicyclic) bond motifs is 1. The van der Waals surface area contributed by atoms with Crippen molar-refractivity contribution in [1.29, 1.82) is 0 Å². The van der Waals surface area contributed by atoms with Gasteiger partial charge in [-0.3, -0.25) is 9.59 Å². The number of aryl methyl sites for hydroxylation is 1. The van der Waals surface area contributed by atoms with E-state index < -0.39 is 6.04 Å². The number of rotatable bonds is 10. The zero-order chi connectivity index (χ0) is 26.3. The summed E-state index contributed by atoms with van der Waals surface area (Å²) in [6, 6.07) is 24.6. The Kier molecular flexibility index (Phi) is 8.09. The predicted octanol–water partition coefficient (Wildman–Crippen LogP) is 3.85. The van der Waals surface area contributed by atoms with Gasteiger partial charge in [-0.1, -0.05) is 77.5 Å². The van der Waals surface area contributed by atoms with E-state index in [9.17, 15) is 9.59 Å². The van der Waals surface area contributed by atoms with Gasteiger partial charge in [-0.05, 0) is 49.4 Å². The average Bonchev–Trinajstić information content (AvgIpc) is 3.61. The Morgan fingerprint density at radius 2 is 1.82 bits per heavy atom. The first kappa shape index (κ1) is 25.6.